The van der Waals surface area contributed by atoms with Gasteiger partial charge in [-0.05, 0) is 43.2 Å². The summed E-state index contributed by atoms with van der Waals surface area (Å²) >= 11 is 0. The van der Waals surface area contributed by atoms with Crippen molar-refractivity contribution in [2.75, 3.05) is 18.1 Å². The molecule has 0 aromatic heterocycles. The SMILES string of the molecule is Cc1cccc(N2CC(C(=O)NNC(=O)C3COc4ccccc4O3)CC2=O)c1C. The molecule has 0 bridgehead atoms. The van der Waals surface area contributed by atoms with Crippen molar-refractivity contribution in [3.8, 4) is 11.5 Å². The number of anilines is 1. The monoisotopic (exact) mass is 409 g/mol. The van der Waals surface area contributed by atoms with Crippen LogP contribution in [0.4, 0.5) is 5.69 Å². The number of nitrogens with zero attached hydrogens (tertiary/aromatic N) is 1. The first-order chi connectivity index (χ1) is 14.4. The van der Waals surface area contributed by atoms with Crippen LogP contribution in [-0.2, 0) is 14.4 Å². The fourth-order valence-corrected chi connectivity index (χ4v) is 3.60. The second kappa shape index (κ2) is 8.06. The van der Waals surface area contributed by atoms with Crippen LogP contribution in [0.1, 0.15) is 17.5 Å². The summed E-state index contributed by atoms with van der Waals surface area (Å²) < 4.78 is 11.1. The standard InChI is InChI=1S/C22H23N3O5/c1-13-6-5-7-16(14(13)2)25-11-15(10-20(25)26)21(27)23-24-22(28)19-12-29-17-8-3-4-9-18(17)30-19/h3-9,15,19H,10-12H2,1-2H3,(H,23,27)(H,24,28). The molecule has 2 atom stereocenters. The Morgan fingerprint density at radius 3 is 2.53 bits per heavy atom. The summed E-state index contributed by atoms with van der Waals surface area (Å²) in [4.78, 5) is 39.0. The molecule has 2 aliphatic heterocycles. The molecule has 0 aliphatic carbocycles. The number of aryl methyl sites for hydroxylation is 1. The minimum Gasteiger partial charge on any atom is -0.485 e. The van der Waals surface area contributed by atoms with Crippen molar-refractivity contribution in [2.24, 2.45) is 5.92 Å². The Hall–Kier alpha value is -3.55. The lowest BCUT2D eigenvalue weighted by Crippen LogP contribution is -2.52. The number of fused-ring (bicyclic) bond motifs is 1. The van der Waals surface area contributed by atoms with Gasteiger partial charge in [-0.15, -0.1) is 0 Å². The summed E-state index contributed by atoms with van der Waals surface area (Å²) in [5.41, 5.74) is 7.69. The van der Waals surface area contributed by atoms with E-state index in [9.17, 15) is 14.4 Å². The Morgan fingerprint density at radius 2 is 1.73 bits per heavy atom. The normalized spacial score (nSPS) is 20.1. The number of benzene rings is 2. The Bertz CT molecular complexity index is 1010. The van der Waals surface area contributed by atoms with Gasteiger partial charge in [0, 0.05) is 18.7 Å². The first kappa shape index (κ1) is 19.8. The molecule has 156 valence electrons. The minimum atomic E-state index is -0.878. The average Bonchev–Trinajstić information content (AvgIpc) is 3.14. The highest BCUT2D eigenvalue weighted by atomic mass is 16.6. The van der Waals surface area contributed by atoms with Crippen LogP contribution in [0.2, 0.25) is 0 Å². The van der Waals surface area contributed by atoms with E-state index in [4.69, 9.17) is 9.47 Å². The zero-order chi connectivity index (χ0) is 21.3. The molecule has 4 rings (SSSR count). The predicted molar refractivity (Wildman–Crippen MR) is 109 cm³/mol. The van der Waals surface area contributed by atoms with Crippen molar-refractivity contribution in [3.05, 3.63) is 53.6 Å². The minimum absolute atomic E-state index is 0.0427. The summed E-state index contributed by atoms with van der Waals surface area (Å²) in [6, 6.07) is 12.8. The zero-order valence-electron chi connectivity index (χ0n) is 16.8. The van der Waals surface area contributed by atoms with Crippen molar-refractivity contribution < 1.29 is 23.9 Å². The predicted octanol–water partition coefficient (Wildman–Crippen LogP) is 1.64. The van der Waals surface area contributed by atoms with Gasteiger partial charge in [-0.2, -0.15) is 0 Å². The smallest absolute Gasteiger partial charge is 0.283 e. The molecule has 2 unspecified atom stereocenters. The van der Waals surface area contributed by atoms with Gasteiger partial charge in [0.25, 0.3) is 5.91 Å². The van der Waals surface area contributed by atoms with Crippen LogP contribution in [-0.4, -0.2) is 37.0 Å². The highest BCUT2D eigenvalue weighted by Crippen LogP contribution is 2.31. The van der Waals surface area contributed by atoms with Gasteiger partial charge in [0.05, 0.1) is 5.92 Å². The summed E-state index contributed by atoms with van der Waals surface area (Å²) in [5, 5.41) is 0. The van der Waals surface area contributed by atoms with Gasteiger partial charge in [0.15, 0.2) is 11.5 Å². The molecule has 30 heavy (non-hydrogen) atoms. The molecule has 0 radical (unpaired) electrons. The Balaban J connectivity index is 1.33. The van der Waals surface area contributed by atoms with Crippen LogP contribution in [0.15, 0.2) is 42.5 Å². The molecule has 0 spiro atoms. The molecule has 2 aromatic carbocycles. The lowest BCUT2D eigenvalue weighted by atomic mass is 10.1. The molecule has 2 N–H and O–H groups in total. The number of para-hydroxylation sites is 2. The van der Waals surface area contributed by atoms with Gasteiger partial charge in [-0.25, -0.2) is 0 Å². The number of hydrogen-bond donors (Lipinski definition) is 2. The molecular weight excluding hydrogens is 386 g/mol. The van der Waals surface area contributed by atoms with Crippen molar-refractivity contribution in [2.45, 2.75) is 26.4 Å². The van der Waals surface area contributed by atoms with E-state index in [1.165, 1.54) is 0 Å². The van der Waals surface area contributed by atoms with Crippen molar-refractivity contribution in [1.82, 2.24) is 10.9 Å². The first-order valence-electron chi connectivity index (χ1n) is 9.79. The maximum atomic E-state index is 12.5. The lowest BCUT2D eigenvalue weighted by molar-refractivity contribution is -0.136. The Labute approximate surface area is 174 Å². The van der Waals surface area contributed by atoms with Crippen LogP contribution < -0.4 is 25.2 Å². The Kier molecular flexibility index (Phi) is 5.31. The molecule has 8 heteroatoms. The third kappa shape index (κ3) is 3.80. The molecule has 0 saturated carbocycles. The van der Waals surface area contributed by atoms with Crippen LogP contribution in [0, 0.1) is 19.8 Å². The zero-order valence-corrected chi connectivity index (χ0v) is 16.8. The van der Waals surface area contributed by atoms with Gasteiger partial charge < -0.3 is 14.4 Å². The van der Waals surface area contributed by atoms with Crippen molar-refractivity contribution in [3.63, 3.8) is 0 Å². The van der Waals surface area contributed by atoms with E-state index in [1.54, 1.807) is 23.1 Å². The first-order valence-corrected chi connectivity index (χ1v) is 9.79. The van der Waals surface area contributed by atoms with Crippen LogP contribution in [0.3, 0.4) is 0 Å². The highest BCUT2D eigenvalue weighted by Gasteiger charge is 2.36. The number of rotatable bonds is 3. The third-order valence-corrected chi connectivity index (χ3v) is 5.47. The fraction of sp³-hybridized carbons (Fsp3) is 0.318. The van der Waals surface area contributed by atoms with Crippen LogP contribution in [0.5, 0.6) is 11.5 Å². The number of hydrogen-bond acceptors (Lipinski definition) is 5. The van der Waals surface area contributed by atoms with Gasteiger partial charge in [0.1, 0.15) is 6.61 Å². The van der Waals surface area contributed by atoms with E-state index in [0.717, 1.165) is 16.8 Å². The van der Waals surface area contributed by atoms with Gasteiger partial charge in [-0.1, -0.05) is 24.3 Å². The summed E-state index contributed by atoms with van der Waals surface area (Å²) in [7, 11) is 0. The maximum absolute atomic E-state index is 12.5. The van der Waals surface area contributed by atoms with E-state index >= 15 is 0 Å². The highest BCUT2D eigenvalue weighted by molar-refractivity contribution is 6.01. The largest absolute Gasteiger partial charge is 0.485 e. The summed E-state index contributed by atoms with van der Waals surface area (Å²) in [6.45, 7) is 4.24. The van der Waals surface area contributed by atoms with Crippen LogP contribution >= 0.6 is 0 Å². The van der Waals surface area contributed by atoms with E-state index < -0.39 is 23.8 Å². The number of amides is 3. The molecule has 2 aromatic rings. The molecule has 1 saturated heterocycles. The van der Waals surface area contributed by atoms with E-state index in [1.807, 2.05) is 38.1 Å². The van der Waals surface area contributed by atoms with Crippen LogP contribution in [0.25, 0.3) is 0 Å². The quantitative estimate of drug-likeness (QED) is 0.752. The molecule has 3 amide bonds. The third-order valence-electron chi connectivity index (χ3n) is 5.47. The average molecular weight is 409 g/mol. The van der Waals surface area contributed by atoms with E-state index in [0.29, 0.717) is 11.5 Å². The molecule has 1 fully saturated rings. The van der Waals surface area contributed by atoms with E-state index in [-0.39, 0.29) is 25.5 Å². The van der Waals surface area contributed by atoms with Crippen molar-refractivity contribution in [1.29, 1.82) is 0 Å². The number of nitrogens with one attached hydrogen (secondary N) is 2. The van der Waals surface area contributed by atoms with E-state index in [2.05, 4.69) is 10.9 Å². The number of carbonyl (C=O) groups excluding carboxylic acids is 3. The summed E-state index contributed by atoms with van der Waals surface area (Å²) in [6.07, 6.45) is -0.789. The van der Waals surface area contributed by atoms with Gasteiger partial charge >= 0.3 is 0 Å². The topological polar surface area (TPSA) is 97.0 Å². The second-order valence-corrected chi connectivity index (χ2v) is 7.47. The molecule has 2 aliphatic rings. The number of hydrazine groups is 1. The number of carbonyl (C=O) groups is 3. The molecule has 8 nitrogen and oxygen atoms in total. The Morgan fingerprint density at radius 1 is 1.00 bits per heavy atom. The fourth-order valence-electron chi connectivity index (χ4n) is 3.60. The number of ether oxygens (including phenoxy) is 2. The summed E-state index contributed by atoms with van der Waals surface area (Å²) in [5.74, 6) is -0.560. The van der Waals surface area contributed by atoms with Gasteiger partial charge in [0.2, 0.25) is 17.9 Å². The molecular formula is C22H23N3O5. The van der Waals surface area contributed by atoms with Gasteiger partial charge in [-0.3, -0.25) is 25.2 Å². The molecule has 2 heterocycles. The second-order valence-electron chi connectivity index (χ2n) is 7.47. The maximum Gasteiger partial charge on any atom is 0.283 e. The van der Waals surface area contributed by atoms with Crippen molar-refractivity contribution >= 4 is 23.4 Å². The lowest BCUT2D eigenvalue weighted by Gasteiger charge is -2.25.